The first-order valence-electron chi connectivity index (χ1n) is 9.27. The van der Waals surface area contributed by atoms with Gasteiger partial charge in [-0.3, -0.25) is 14.4 Å². The molecule has 0 heterocycles. The van der Waals surface area contributed by atoms with Gasteiger partial charge >= 0.3 is 0 Å². The molecule has 0 aromatic heterocycles. The zero-order valence-electron chi connectivity index (χ0n) is 16.9. The Morgan fingerprint density at radius 3 is 2.55 bits per heavy atom. The van der Waals surface area contributed by atoms with Gasteiger partial charge in [0.25, 0.3) is 17.7 Å². The molecule has 2 rings (SSSR count). The number of nitrogens with two attached hydrogens (primary N) is 1. The third-order valence-corrected chi connectivity index (χ3v) is 4.59. The summed E-state index contributed by atoms with van der Waals surface area (Å²) in [5.41, 5.74) is 8.29. The lowest BCUT2D eigenvalue weighted by molar-refractivity contribution is -0.124. The summed E-state index contributed by atoms with van der Waals surface area (Å²) in [6.45, 7) is 3.33. The van der Waals surface area contributed by atoms with Gasteiger partial charge in [0.15, 0.2) is 6.61 Å². The van der Waals surface area contributed by atoms with E-state index in [4.69, 9.17) is 33.7 Å². The first kappa shape index (κ1) is 24.2. The number of ether oxygens (including phenoxy) is 1. The topological polar surface area (TPSA) is 123 Å². The fraction of sp³-hybridized carbons (Fsp3) is 0.238. The molecular formula is C21H22Cl2N4O4. The molecule has 1 atom stereocenters. The summed E-state index contributed by atoms with van der Waals surface area (Å²) in [5.74, 6) is -1.37. The van der Waals surface area contributed by atoms with Crippen LogP contribution in [0.25, 0.3) is 0 Å². The Kier molecular flexibility index (Phi) is 8.84. The van der Waals surface area contributed by atoms with Crippen LogP contribution in [0.15, 0.2) is 47.6 Å². The zero-order valence-corrected chi connectivity index (χ0v) is 18.4. The maximum atomic E-state index is 12.6. The van der Waals surface area contributed by atoms with Crippen LogP contribution < -0.4 is 21.2 Å². The molecule has 10 heteroatoms. The number of benzene rings is 2. The number of carbonyl (C=O) groups is 3. The van der Waals surface area contributed by atoms with E-state index in [2.05, 4.69) is 15.8 Å². The molecule has 8 nitrogen and oxygen atoms in total. The van der Waals surface area contributed by atoms with Gasteiger partial charge in [-0.25, -0.2) is 5.43 Å². The monoisotopic (exact) mass is 464 g/mol. The minimum Gasteiger partial charge on any atom is -0.484 e. The normalized spacial score (nSPS) is 11.9. The summed E-state index contributed by atoms with van der Waals surface area (Å²) in [5, 5.41) is 7.17. The van der Waals surface area contributed by atoms with Crippen LogP contribution in [-0.2, 0) is 9.59 Å². The Bertz CT molecular complexity index is 995. The average molecular weight is 465 g/mol. The molecule has 0 spiro atoms. The highest BCUT2D eigenvalue weighted by molar-refractivity contribution is 6.36. The molecule has 0 saturated carbocycles. The Morgan fingerprint density at radius 1 is 1.16 bits per heavy atom. The van der Waals surface area contributed by atoms with Gasteiger partial charge < -0.3 is 15.8 Å². The van der Waals surface area contributed by atoms with E-state index in [0.29, 0.717) is 16.3 Å². The zero-order chi connectivity index (χ0) is 23.0. The van der Waals surface area contributed by atoms with Crippen molar-refractivity contribution in [1.29, 1.82) is 0 Å². The number of nitrogens with zero attached hydrogens (tertiary/aromatic N) is 1. The summed E-state index contributed by atoms with van der Waals surface area (Å²) in [7, 11) is 0. The lowest BCUT2D eigenvalue weighted by Gasteiger charge is -2.20. The van der Waals surface area contributed by atoms with E-state index >= 15 is 0 Å². The van der Waals surface area contributed by atoms with Crippen LogP contribution in [0.4, 0.5) is 0 Å². The molecule has 2 aromatic rings. The third-order valence-electron chi connectivity index (χ3n) is 4.04. The highest BCUT2D eigenvalue weighted by Crippen LogP contribution is 2.21. The van der Waals surface area contributed by atoms with Gasteiger partial charge in [-0.1, -0.05) is 49.2 Å². The number of rotatable bonds is 9. The SMILES string of the molecule is CC(C)C(NC(=O)c1ccc(Cl)cc1Cl)C(=O)NN=Cc1cccc(OCC(N)=O)c1. The summed E-state index contributed by atoms with van der Waals surface area (Å²) in [6.07, 6.45) is 1.41. The second-order valence-corrected chi connectivity index (χ2v) is 7.72. The Balaban J connectivity index is 2.01. The first-order chi connectivity index (χ1) is 14.7. The number of amides is 3. The standard InChI is InChI=1S/C21H22Cl2N4O4/c1-12(2)19(26-20(29)16-7-6-14(22)9-17(16)23)21(30)27-25-10-13-4-3-5-15(8-13)31-11-18(24)28/h3-10,12,19H,11H2,1-2H3,(H2,24,28)(H,26,29)(H,27,30). The number of hydrogen-bond donors (Lipinski definition) is 3. The minimum atomic E-state index is -0.846. The molecule has 2 aromatic carbocycles. The highest BCUT2D eigenvalue weighted by Gasteiger charge is 2.25. The molecule has 3 amide bonds. The summed E-state index contributed by atoms with van der Waals surface area (Å²) >= 11 is 11.9. The van der Waals surface area contributed by atoms with E-state index in [1.54, 1.807) is 44.2 Å². The molecule has 1 unspecified atom stereocenters. The first-order valence-corrected chi connectivity index (χ1v) is 10.0. The molecule has 0 aliphatic rings. The largest absolute Gasteiger partial charge is 0.484 e. The van der Waals surface area contributed by atoms with E-state index in [0.717, 1.165) is 0 Å². The molecule has 0 bridgehead atoms. The van der Waals surface area contributed by atoms with Gasteiger partial charge in [0.05, 0.1) is 16.8 Å². The van der Waals surface area contributed by atoms with Gasteiger partial charge in [-0.05, 0) is 41.8 Å². The number of primary amides is 1. The number of carbonyl (C=O) groups excluding carboxylic acids is 3. The molecule has 0 aliphatic carbocycles. The predicted molar refractivity (Wildman–Crippen MR) is 119 cm³/mol. The van der Waals surface area contributed by atoms with Crippen LogP contribution in [-0.4, -0.2) is 36.6 Å². The van der Waals surface area contributed by atoms with Crippen LogP contribution in [0.3, 0.4) is 0 Å². The van der Waals surface area contributed by atoms with Crippen LogP contribution in [0.1, 0.15) is 29.8 Å². The highest BCUT2D eigenvalue weighted by atomic mass is 35.5. The van der Waals surface area contributed by atoms with Crippen LogP contribution in [0.2, 0.25) is 10.0 Å². The second-order valence-electron chi connectivity index (χ2n) is 6.88. The Morgan fingerprint density at radius 2 is 1.90 bits per heavy atom. The molecular weight excluding hydrogens is 443 g/mol. The van der Waals surface area contributed by atoms with Crippen LogP contribution >= 0.6 is 23.2 Å². The lowest BCUT2D eigenvalue weighted by atomic mass is 10.0. The van der Waals surface area contributed by atoms with Crippen LogP contribution in [0, 0.1) is 5.92 Å². The maximum absolute atomic E-state index is 12.6. The molecule has 0 fully saturated rings. The van der Waals surface area contributed by atoms with Crippen molar-refractivity contribution in [3.8, 4) is 5.75 Å². The van der Waals surface area contributed by atoms with Gasteiger partial charge in [-0.15, -0.1) is 0 Å². The molecule has 4 N–H and O–H groups in total. The van der Waals surface area contributed by atoms with Crippen molar-refractivity contribution in [2.45, 2.75) is 19.9 Å². The predicted octanol–water partition coefficient (Wildman–Crippen LogP) is 2.76. The second kappa shape index (κ2) is 11.3. The Hall–Kier alpha value is -3.10. The van der Waals surface area contributed by atoms with Crippen molar-refractivity contribution >= 4 is 47.1 Å². The van der Waals surface area contributed by atoms with Crippen molar-refractivity contribution in [1.82, 2.24) is 10.7 Å². The number of hydrogen-bond acceptors (Lipinski definition) is 5. The molecule has 0 radical (unpaired) electrons. The van der Waals surface area contributed by atoms with E-state index in [1.165, 1.54) is 18.3 Å². The van der Waals surface area contributed by atoms with Crippen molar-refractivity contribution in [3.05, 3.63) is 63.6 Å². The summed E-state index contributed by atoms with van der Waals surface area (Å²) < 4.78 is 5.22. The van der Waals surface area contributed by atoms with Crippen molar-refractivity contribution in [3.63, 3.8) is 0 Å². The van der Waals surface area contributed by atoms with E-state index in [1.807, 2.05) is 0 Å². The fourth-order valence-corrected chi connectivity index (χ4v) is 3.00. The number of nitrogens with one attached hydrogen (secondary N) is 2. The number of hydrazone groups is 1. The number of halogens is 2. The van der Waals surface area contributed by atoms with Crippen molar-refractivity contribution in [2.24, 2.45) is 16.8 Å². The quantitative estimate of drug-likeness (QED) is 0.389. The minimum absolute atomic E-state index is 0.185. The van der Waals surface area contributed by atoms with Gasteiger partial charge in [0.1, 0.15) is 11.8 Å². The third kappa shape index (κ3) is 7.58. The summed E-state index contributed by atoms with van der Waals surface area (Å²) in [4.78, 5) is 35.9. The van der Waals surface area contributed by atoms with E-state index in [9.17, 15) is 14.4 Å². The molecule has 31 heavy (non-hydrogen) atoms. The maximum Gasteiger partial charge on any atom is 0.262 e. The van der Waals surface area contributed by atoms with Crippen LogP contribution in [0.5, 0.6) is 5.75 Å². The van der Waals surface area contributed by atoms with Gasteiger partial charge in [0.2, 0.25) is 0 Å². The average Bonchev–Trinajstić information content (AvgIpc) is 2.70. The smallest absolute Gasteiger partial charge is 0.262 e. The lowest BCUT2D eigenvalue weighted by Crippen LogP contribution is -2.48. The van der Waals surface area contributed by atoms with Gasteiger partial charge in [-0.2, -0.15) is 5.10 Å². The Labute approximate surface area is 189 Å². The summed E-state index contributed by atoms with van der Waals surface area (Å²) in [6, 6.07) is 10.4. The molecule has 164 valence electrons. The van der Waals surface area contributed by atoms with E-state index < -0.39 is 23.8 Å². The van der Waals surface area contributed by atoms with Crippen molar-refractivity contribution < 1.29 is 19.1 Å². The fourth-order valence-electron chi connectivity index (χ4n) is 2.51. The molecule has 0 aliphatic heterocycles. The van der Waals surface area contributed by atoms with E-state index in [-0.39, 0.29) is 23.1 Å². The van der Waals surface area contributed by atoms with Gasteiger partial charge in [0, 0.05) is 5.02 Å². The van der Waals surface area contributed by atoms with Crippen molar-refractivity contribution in [2.75, 3.05) is 6.61 Å². The molecule has 0 saturated heterocycles.